The summed E-state index contributed by atoms with van der Waals surface area (Å²) < 4.78 is 7.87. The SMILES string of the molecule is C=CCn1c(COc2cc(C)cc(C)c2)nnc1SCC(=O)Nc1nc(-c2ccc(C)c(C)c2)cs1. The van der Waals surface area contributed by atoms with Gasteiger partial charge in [-0.2, -0.15) is 0 Å². The Morgan fingerprint density at radius 1 is 1.11 bits per heavy atom. The van der Waals surface area contributed by atoms with Gasteiger partial charge >= 0.3 is 0 Å². The van der Waals surface area contributed by atoms with Crippen LogP contribution in [0.2, 0.25) is 0 Å². The predicted molar refractivity (Wildman–Crippen MR) is 147 cm³/mol. The molecule has 1 amide bonds. The number of hydrogen-bond acceptors (Lipinski definition) is 7. The number of benzene rings is 2. The van der Waals surface area contributed by atoms with Crippen LogP contribution in [0.25, 0.3) is 11.3 Å². The first kappa shape index (κ1) is 25.7. The highest BCUT2D eigenvalue weighted by Gasteiger charge is 2.15. The number of carbonyl (C=O) groups excluding carboxylic acids is 1. The molecule has 36 heavy (non-hydrogen) atoms. The van der Waals surface area contributed by atoms with Gasteiger partial charge in [0.15, 0.2) is 16.1 Å². The summed E-state index contributed by atoms with van der Waals surface area (Å²) in [6, 6.07) is 12.3. The molecule has 0 fully saturated rings. The second-order valence-corrected chi connectivity index (χ2v) is 10.4. The monoisotopic (exact) mass is 519 g/mol. The quantitative estimate of drug-likeness (QED) is 0.200. The van der Waals surface area contributed by atoms with Gasteiger partial charge in [-0.15, -0.1) is 28.1 Å². The highest BCUT2D eigenvalue weighted by atomic mass is 32.2. The minimum Gasteiger partial charge on any atom is -0.486 e. The second kappa shape index (κ2) is 11.5. The largest absolute Gasteiger partial charge is 0.486 e. The molecule has 7 nitrogen and oxygen atoms in total. The van der Waals surface area contributed by atoms with E-state index in [-0.39, 0.29) is 18.3 Å². The summed E-state index contributed by atoms with van der Waals surface area (Å²) in [4.78, 5) is 17.2. The molecule has 1 N–H and O–H groups in total. The Bertz CT molecular complexity index is 1370. The summed E-state index contributed by atoms with van der Waals surface area (Å²) in [5.41, 5.74) is 6.62. The van der Waals surface area contributed by atoms with Gasteiger partial charge in [-0.25, -0.2) is 4.98 Å². The lowest BCUT2D eigenvalue weighted by atomic mass is 10.1. The third kappa shape index (κ3) is 6.41. The molecule has 2 heterocycles. The van der Waals surface area contributed by atoms with Crippen molar-refractivity contribution in [3.8, 4) is 17.0 Å². The van der Waals surface area contributed by atoms with Crippen molar-refractivity contribution in [1.29, 1.82) is 0 Å². The van der Waals surface area contributed by atoms with Gasteiger partial charge in [-0.05, 0) is 68.1 Å². The van der Waals surface area contributed by atoms with Gasteiger partial charge in [0.2, 0.25) is 5.91 Å². The smallest absolute Gasteiger partial charge is 0.236 e. The van der Waals surface area contributed by atoms with Crippen LogP contribution in [-0.4, -0.2) is 31.4 Å². The van der Waals surface area contributed by atoms with E-state index in [1.54, 1.807) is 6.08 Å². The lowest BCUT2D eigenvalue weighted by molar-refractivity contribution is -0.113. The van der Waals surface area contributed by atoms with Gasteiger partial charge in [-0.3, -0.25) is 9.36 Å². The van der Waals surface area contributed by atoms with Crippen molar-refractivity contribution in [1.82, 2.24) is 19.7 Å². The fourth-order valence-corrected chi connectivity index (χ4v) is 5.16. The number of aryl methyl sites for hydroxylation is 4. The molecule has 0 bridgehead atoms. The summed E-state index contributed by atoms with van der Waals surface area (Å²) in [7, 11) is 0. The normalized spacial score (nSPS) is 10.9. The fraction of sp³-hybridized carbons (Fsp3) is 0.259. The maximum atomic E-state index is 12.6. The lowest BCUT2D eigenvalue weighted by Crippen LogP contribution is -2.15. The maximum absolute atomic E-state index is 12.6. The van der Waals surface area contributed by atoms with Gasteiger partial charge < -0.3 is 10.1 Å². The molecule has 0 aliphatic rings. The summed E-state index contributed by atoms with van der Waals surface area (Å²) in [5, 5.41) is 14.6. The van der Waals surface area contributed by atoms with Crippen LogP contribution < -0.4 is 10.1 Å². The Balaban J connectivity index is 1.36. The molecule has 0 saturated heterocycles. The van der Waals surface area contributed by atoms with E-state index in [0.29, 0.717) is 22.7 Å². The molecule has 4 aromatic rings. The molecule has 4 rings (SSSR count). The van der Waals surface area contributed by atoms with Crippen LogP contribution >= 0.6 is 23.1 Å². The van der Waals surface area contributed by atoms with Crippen molar-refractivity contribution >= 4 is 34.1 Å². The van der Waals surface area contributed by atoms with Crippen LogP contribution in [0.3, 0.4) is 0 Å². The first-order valence-electron chi connectivity index (χ1n) is 11.5. The van der Waals surface area contributed by atoms with Crippen molar-refractivity contribution < 1.29 is 9.53 Å². The zero-order chi connectivity index (χ0) is 25.7. The van der Waals surface area contributed by atoms with Crippen molar-refractivity contribution in [3.63, 3.8) is 0 Å². The fourth-order valence-electron chi connectivity index (χ4n) is 3.66. The van der Waals surface area contributed by atoms with Gasteiger partial charge in [0.25, 0.3) is 0 Å². The standard InChI is InChI=1S/C27H29N5O2S2/c1-6-9-32-24(14-34-22-11-17(2)10-18(3)12-22)30-31-27(32)36-16-25(33)29-26-28-23(15-35-26)21-8-7-19(4)20(5)13-21/h6-8,10-13,15H,1,9,14,16H2,2-5H3,(H,28,29,33). The lowest BCUT2D eigenvalue weighted by Gasteiger charge is -2.10. The first-order valence-corrected chi connectivity index (χ1v) is 13.4. The van der Waals surface area contributed by atoms with E-state index >= 15 is 0 Å². The van der Waals surface area contributed by atoms with E-state index in [2.05, 4.69) is 59.1 Å². The molecular formula is C27H29N5O2S2. The third-order valence-corrected chi connectivity index (χ3v) is 7.28. The highest BCUT2D eigenvalue weighted by Crippen LogP contribution is 2.27. The topological polar surface area (TPSA) is 81.9 Å². The van der Waals surface area contributed by atoms with Gasteiger partial charge in [0.05, 0.1) is 11.4 Å². The molecule has 0 saturated carbocycles. The molecule has 0 radical (unpaired) electrons. The van der Waals surface area contributed by atoms with Crippen molar-refractivity contribution in [2.75, 3.05) is 11.1 Å². The van der Waals surface area contributed by atoms with Crippen LogP contribution in [0.5, 0.6) is 5.75 Å². The van der Waals surface area contributed by atoms with E-state index in [1.165, 1.54) is 34.2 Å². The van der Waals surface area contributed by atoms with Crippen molar-refractivity contribution in [3.05, 3.63) is 82.5 Å². The number of nitrogens with zero attached hydrogens (tertiary/aromatic N) is 4. The molecule has 0 spiro atoms. The maximum Gasteiger partial charge on any atom is 0.236 e. The van der Waals surface area contributed by atoms with Crippen LogP contribution in [0, 0.1) is 27.7 Å². The molecular weight excluding hydrogens is 490 g/mol. The number of thioether (sulfide) groups is 1. The highest BCUT2D eigenvalue weighted by molar-refractivity contribution is 7.99. The van der Waals surface area contributed by atoms with Crippen LogP contribution in [-0.2, 0) is 17.9 Å². The van der Waals surface area contributed by atoms with Gasteiger partial charge in [0, 0.05) is 17.5 Å². The summed E-state index contributed by atoms with van der Waals surface area (Å²) in [5.74, 6) is 1.50. The average Bonchev–Trinajstić information content (AvgIpc) is 3.45. The summed E-state index contributed by atoms with van der Waals surface area (Å²) in [6.07, 6.45) is 1.78. The molecule has 186 valence electrons. The molecule has 9 heteroatoms. The number of amides is 1. The predicted octanol–water partition coefficient (Wildman–Crippen LogP) is 6.13. The number of allylic oxidation sites excluding steroid dienone is 1. The van der Waals surface area contributed by atoms with Crippen LogP contribution in [0.1, 0.15) is 28.1 Å². The number of anilines is 1. The molecule has 0 unspecified atom stereocenters. The van der Waals surface area contributed by atoms with Crippen LogP contribution in [0.4, 0.5) is 5.13 Å². The number of ether oxygens (including phenoxy) is 1. The zero-order valence-electron chi connectivity index (χ0n) is 20.9. The minimum absolute atomic E-state index is 0.151. The Kier molecular flexibility index (Phi) is 8.22. The molecule has 0 aliphatic carbocycles. The molecule has 2 aromatic carbocycles. The van der Waals surface area contributed by atoms with Crippen molar-refractivity contribution in [2.45, 2.75) is 46.0 Å². The summed E-state index contributed by atoms with van der Waals surface area (Å²) >= 11 is 2.73. The summed E-state index contributed by atoms with van der Waals surface area (Å²) in [6.45, 7) is 12.9. The number of rotatable bonds is 10. The average molecular weight is 520 g/mol. The van der Waals surface area contributed by atoms with Crippen LogP contribution in [0.15, 0.2) is 59.6 Å². The van der Waals surface area contributed by atoms with Crippen molar-refractivity contribution in [2.24, 2.45) is 0 Å². The van der Waals surface area contributed by atoms with E-state index in [4.69, 9.17) is 4.74 Å². The van der Waals surface area contributed by atoms with Gasteiger partial charge in [0.1, 0.15) is 12.4 Å². The van der Waals surface area contributed by atoms with Gasteiger partial charge in [-0.1, -0.05) is 36.0 Å². The number of thiazole rings is 1. The molecule has 0 aliphatic heterocycles. The Labute approximate surface area is 219 Å². The Hall–Kier alpha value is -3.43. The molecule has 2 aromatic heterocycles. The van der Waals surface area contributed by atoms with E-state index in [9.17, 15) is 4.79 Å². The zero-order valence-corrected chi connectivity index (χ0v) is 22.5. The number of nitrogens with one attached hydrogen (secondary N) is 1. The number of carbonyl (C=O) groups is 1. The third-order valence-electron chi connectivity index (χ3n) is 5.55. The number of aromatic nitrogens is 4. The Morgan fingerprint density at radius 2 is 1.89 bits per heavy atom. The second-order valence-electron chi connectivity index (χ2n) is 8.58. The first-order chi connectivity index (χ1) is 17.3. The Morgan fingerprint density at radius 3 is 2.61 bits per heavy atom. The minimum atomic E-state index is -0.151. The molecule has 0 atom stereocenters. The van der Waals surface area contributed by atoms with E-state index in [1.807, 2.05) is 42.0 Å². The number of hydrogen-bond donors (Lipinski definition) is 1. The van der Waals surface area contributed by atoms with E-state index in [0.717, 1.165) is 28.1 Å². The van der Waals surface area contributed by atoms with E-state index < -0.39 is 0 Å².